The fourth-order valence-electron chi connectivity index (χ4n) is 2.55. The van der Waals surface area contributed by atoms with Gasteiger partial charge in [0.05, 0.1) is 6.10 Å². The van der Waals surface area contributed by atoms with Gasteiger partial charge in [0, 0.05) is 24.2 Å². The molecule has 2 rings (SSSR count). The monoisotopic (exact) mass is 348 g/mol. The van der Waals surface area contributed by atoms with Crippen molar-refractivity contribution in [3.63, 3.8) is 0 Å². The second-order valence-electron chi connectivity index (χ2n) is 5.80. The Kier molecular flexibility index (Phi) is 7.03. The number of amides is 1. The highest BCUT2D eigenvalue weighted by molar-refractivity contribution is 5.94. The van der Waals surface area contributed by atoms with E-state index in [0.29, 0.717) is 19.4 Å². The number of carbonyl (C=O) groups is 1. The van der Waals surface area contributed by atoms with Crippen LogP contribution in [-0.4, -0.2) is 23.7 Å². The number of rotatable bonds is 8. The molecule has 0 fully saturated rings. The van der Waals surface area contributed by atoms with E-state index in [9.17, 15) is 18.7 Å². The lowest BCUT2D eigenvalue weighted by atomic mass is 10.0. The van der Waals surface area contributed by atoms with Gasteiger partial charge in [-0.05, 0) is 36.1 Å². The molecule has 0 aliphatic heterocycles. The predicted octanol–water partition coefficient (Wildman–Crippen LogP) is 2.81. The average molecular weight is 348 g/mol. The Morgan fingerprint density at radius 3 is 2.52 bits per heavy atom. The second-order valence-corrected chi connectivity index (χ2v) is 5.80. The highest BCUT2D eigenvalue weighted by Crippen LogP contribution is 2.19. The summed E-state index contributed by atoms with van der Waals surface area (Å²) in [6, 6.07) is 13.0. The maximum absolute atomic E-state index is 12.7. The van der Waals surface area contributed by atoms with Crippen LogP contribution in [0.2, 0.25) is 0 Å². The van der Waals surface area contributed by atoms with Crippen LogP contribution in [0.15, 0.2) is 48.5 Å². The van der Waals surface area contributed by atoms with E-state index in [1.54, 1.807) is 0 Å². The third-order valence-electron chi connectivity index (χ3n) is 3.98. The Morgan fingerprint density at radius 2 is 1.84 bits per heavy atom. The first-order valence-electron chi connectivity index (χ1n) is 8.12. The molecular weight excluding hydrogens is 326 g/mol. The van der Waals surface area contributed by atoms with Crippen molar-refractivity contribution in [2.45, 2.75) is 31.9 Å². The first kappa shape index (κ1) is 19.0. The van der Waals surface area contributed by atoms with Crippen LogP contribution in [0.4, 0.5) is 8.78 Å². The van der Waals surface area contributed by atoms with Crippen LogP contribution in [0.3, 0.4) is 0 Å². The van der Waals surface area contributed by atoms with E-state index < -0.39 is 18.4 Å². The minimum atomic E-state index is -2.62. The van der Waals surface area contributed by atoms with Gasteiger partial charge in [-0.2, -0.15) is 0 Å². The average Bonchev–Trinajstić information content (AvgIpc) is 2.64. The molecular formula is C19H22F2N2O2. The van der Waals surface area contributed by atoms with Gasteiger partial charge >= 0.3 is 0 Å². The number of halogens is 2. The normalized spacial score (nSPS) is 12.2. The lowest BCUT2D eigenvalue weighted by Gasteiger charge is -2.14. The van der Waals surface area contributed by atoms with Crippen molar-refractivity contribution in [1.29, 1.82) is 0 Å². The number of aliphatic hydroxyl groups is 1. The fraction of sp³-hybridized carbons (Fsp3) is 0.316. The van der Waals surface area contributed by atoms with E-state index >= 15 is 0 Å². The van der Waals surface area contributed by atoms with Crippen molar-refractivity contribution in [3.05, 3.63) is 70.8 Å². The summed E-state index contributed by atoms with van der Waals surface area (Å²) in [6.07, 6.45) is -2.24. The lowest BCUT2D eigenvalue weighted by Crippen LogP contribution is -2.32. The number of aliphatic hydroxyl groups excluding tert-OH is 1. The molecule has 134 valence electrons. The van der Waals surface area contributed by atoms with Gasteiger partial charge < -0.3 is 16.2 Å². The molecule has 0 spiro atoms. The van der Waals surface area contributed by atoms with Gasteiger partial charge in [-0.25, -0.2) is 8.78 Å². The number of hydrogen-bond donors (Lipinski definition) is 3. The maximum Gasteiger partial charge on any atom is 0.263 e. The molecule has 0 saturated carbocycles. The molecule has 0 aliphatic rings. The van der Waals surface area contributed by atoms with Crippen molar-refractivity contribution < 1.29 is 18.7 Å². The minimum Gasteiger partial charge on any atom is -0.391 e. The van der Waals surface area contributed by atoms with Crippen molar-refractivity contribution in [1.82, 2.24) is 5.32 Å². The highest BCUT2D eigenvalue weighted by atomic mass is 19.3. The molecule has 2 aromatic rings. The first-order chi connectivity index (χ1) is 12.0. The summed E-state index contributed by atoms with van der Waals surface area (Å²) in [4.78, 5) is 12.0. The van der Waals surface area contributed by atoms with E-state index in [1.165, 1.54) is 18.2 Å². The quantitative estimate of drug-likeness (QED) is 0.687. The van der Waals surface area contributed by atoms with Crippen LogP contribution in [0.25, 0.3) is 0 Å². The maximum atomic E-state index is 12.7. The van der Waals surface area contributed by atoms with E-state index in [1.807, 2.05) is 24.3 Å². The van der Waals surface area contributed by atoms with E-state index in [2.05, 4.69) is 5.32 Å². The zero-order valence-electron chi connectivity index (χ0n) is 13.8. The zero-order valence-corrected chi connectivity index (χ0v) is 13.8. The topological polar surface area (TPSA) is 75.3 Å². The van der Waals surface area contributed by atoms with Crippen molar-refractivity contribution in [2.75, 3.05) is 6.54 Å². The van der Waals surface area contributed by atoms with Crippen LogP contribution in [-0.2, 0) is 13.0 Å². The smallest absolute Gasteiger partial charge is 0.263 e. The summed E-state index contributed by atoms with van der Waals surface area (Å²) in [5.41, 5.74) is 7.73. The summed E-state index contributed by atoms with van der Waals surface area (Å²) in [6.45, 7) is 0.492. The molecule has 25 heavy (non-hydrogen) atoms. The molecule has 0 aliphatic carbocycles. The van der Waals surface area contributed by atoms with Crippen LogP contribution in [0.5, 0.6) is 0 Å². The van der Waals surface area contributed by atoms with Gasteiger partial charge in [0.1, 0.15) is 0 Å². The summed E-state index contributed by atoms with van der Waals surface area (Å²) in [7, 11) is 0. The number of hydrogen-bond acceptors (Lipinski definition) is 3. The number of carbonyl (C=O) groups excluding carboxylic acids is 1. The third-order valence-corrected chi connectivity index (χ3v) is 3.98. The van der Waals surface area contributed by atoms with Gasteiger partial charge in [0.25, 0.3) is 12.3 Å². The molecule has 0 radical (unpaired) electrons. The Labute approximate surface area is 145 Å². The van der Waals surface area contributed by atoms with E-state index in [0.717, 1.165) is 17.2 Å². The molecule has 0 heterocycles. The number of nitrogens with two attached hydrogens (primary N) is 1. The third kappa shape index (κ3) is 5.62. The second kappa shape index (κ2) is 9.25. The molecule has 0 bridgehead atoms. The summed E-state index contributed by atoms with van der Waals surface area (Å²) in [5, 5.41) is 12.6. The number of aryl methyl sites for hydroxylation is 1. The molecule has 0 saturated heterocycles. The number of alkyl halides is 2. The molecule has 1 unspecified atom stereocenters. The Morgan fingerprint density at radius 1 is 1.12 bits per heavy atom. The van der Waals surface area contributed by atoms with Crippen LogP contribution in [0, 0.1) is 0 Å². The minimum absolute atomic E-state index is 0.0581. The van der Waals surface area contributed by atoms with Gasteiger partial charge in [-0.15, -0.1) is 0 Å². The van der Waals surface area contributed by atoms with Crippen LogP contribution < -0.4 is 11.1 Å². The van der Waals surface area contributed by atoms with Crippen molar-refractivity contribution >= 4 is 5.91 Å². The van der Waals surface area contributed by atoms with Crippen molar-refractivity contribution in [3.8, 4) is 0 Å². The Balaban J connectivity index is 1.84. The Hall–Kier alpha value is -2.31. The predicted molar refractivity (Wildman–Crippen MR) is 92.4 cm³/mol. The van der Waals surface area contributed by atoms with Crippen molar-refractivity contribution in [2.24, 2.45) is 5.73 Å². The summed E-state index contributed by atoms with van der Waals surface area (Å²) >= 11 is 0. The Bertz CT molecular complexity index is 707. The molecule has 2 aromatic carbocycles. The standard InChI is InChI=1S/C19H22F2N2O2/c20-18(21)14-6-3-7-15(10-14)19(25)23-12-17(24)9-8-13-4-1-2-5-16(13)11-22/h1-7,10,17-18,24H,8-9,11-12,22H2,(H,23,25). The molecule has 6 heteroatoms. The molecule has 0 aromatic heterocycles. The molecule has 4 N–H and O–H groups in total. The van der Waals surface area contributed by atoms with E-state index in [-0.39, 0.29) is 17.7 Å². The number of nitrogens with one attached hydrogen (secondary N) is 1. The van der Waals surface area contributed by atoms with Crippen LogP contribution >= 0.6 is 0 Å². The highest BCUT2D eigenvalue weighted by Gasteiger charge is 2.13. The van der Waals surface area contributed by atoms with E-state index in [4.69, 9.17) is 5.73 Å². The van der Waals surface area contributed by atoms with Gasteiger partial charge in [0.15, 0.2) is 0 Å². The number of benzene rings is 2. The fourth-order valence-corrected chi connectivity index (χ4v) is 2.55. The largest absolute Gasteiger partial charge is 0.391 e. The van der Waals surface area contributed by atoms with Gasteiger partial charge in [-0.1, -0.05) is 36.4 Å². The summed E-state index contributed by atoms with van der Waals surface area (Å²) < 4.78 is 25.3. The lowest BCUT2D eigenvalue weighted by molar-refractivity contribution is 0.0910. The molecule has 4 nitrogen and oxygen atoms in total. The molecule has 1 amide bonds. The van der Waals surface area contributed by atoms with Gasteiger partial charge in [0.2, 0.25) is 0 Å². The SMILES string of the molecule is NCc1ccccc1CCC(O)CNC(=O)c1cccc(C(F)F)c1. The first-order valence-corrected chi connectivity index (χ1v) is 8.12. The van der Waals surface area contributed by atoms with Crippen LogP contribution in [0.1, 0.15) is 39.9 Å². The van der Waals surface area contributed by atoms with Gasteiger partial charge in [-0.3, -0.25) is 4.79 Å². The molecule has 1 atom stereocenters. The summed E-state index contributed by atoms with van der Waals surface area (Å²) in [5.74, 6) is -0.482. The zero-order chi connectivity index (χ0) is 18.2.